The third-order valence-corrected chi connectivity index (χ3v) is 5.81. The highest BCUT2D eigenvalue weighted by molar-refractivity contribution is 7.88. The molecule has 0 aliphatic carbocycles. The Balaban J connectivity index is 1.69. The van der Waals surface area contributed by atoms with Crippen LogP contribution in [0.5, 0.6) is 5.75 Å². The summed E-state index contributed by atoms with van der Waals surface area (Å²) in [5.74, 6) is 0.348. The summed E-state index contributed by atoms with van der Waals surface area (Å²) in [5, 5.41) is 0. The van der Waals surface area contributed by atoms with E-state index in [1.165, 1.54) is 24.3 Å². The molecule has 1 heterocycles. The molecule has 0 spiro atoms. The van der Waals surface area contributed by atoms with E-state index in [0.29, 0.717) is 12.2 Å². The van der Waals surface area contributed by atoms with E-state index in [1.54, 1.807) is 0 Å². The van der Waals surface area contributed by atoms with Crippen LogP contribution in [-0.2, 0) is 22.2 Å². The largest absolute Gasteiger partial charge is 0.493 e. The van der Waals surface area contributed by atoms with Gasteiger partial charge in [-0.1, -0.05) is 24.3 Å². The van der Waals surface area contributed by atoms with E-state index in [2.05, 4.69) is 10.8 Å². The minimum atomic E-state index is -3.52. The number of likely N-dealkylation sites (N-methyl/N-ethyl adjacent to an activating group) is 1. The van der Waals surface area contributed by atoms with Gasteiger partial charge in [0.15, 0.2) is 0 Å². The van der Waals surface area contributed by atoms with E-state index in [9.17, 15) is 12.8 Å². The highest BCUT2D eigenvalue weighted by atomic mass is 32.2. The third-order valence-electron chi connectivity index (χ3n) is 4.49. The van der Waals surface area contributed by atoms with Crippen LogP contribution in [0, 0.1) is 5.82 Å². The molecule has 0 radical (unpaired) electrons. The van der Waals surface area contributed by atoms with E-state index < -0.39 is 10.0 Å². The molecule has 1 unspecified atom stereocenters. The summed E-state index contributed by atoms with van der Waals surface area (Å²) >= 11 is 0. The number of benzene rings is 2. The molecule has 26 heavy (non-hydrogen) atoms. The molecule has 0 amide bonds. The van der Waals surface area contributed by atoms with Crippen molar-refractivity contribution in [2.24, 2.45) is 0 Å². The highest BCUT2D eigenvalue weighted by Crippen LogP contribution is 2.29. The second kappa shape index (κ2) is 7.73. The standard InChI is InChI=1S/C19H23FN2O3S/c1-22(2)18(15-5-8-19-16(11-15)9-10-25-19)12-21-26(23,24)13-14-3-6-17(20)7-4-14/h3-8,11,18,21H,9-10,12-13H2,1-2H3. The lowest BCUT2D eigenvalue weighted by Crippen LogP contribution is -2.35. The Morgan fingerprint density at radius 3 is 2.62 bits per heavy atom. The quantitative estimate of drug-likeness (QED) is 0.804. The first-order valence-corrected chi connectivity index (χ1v) is 10.1. The van der Waals surface area contributed by atoms with Crippen molar-refractivity contribution >= 4 is 10.0 Å². The molecule has 5 nitrogen and oxygen atoms in total. The first kappa shape index (κ1) is 18.8. The average Bonchev–Trinajstić information content (AvgIpc) is 3.04. The van der Waals surface area contributed by atoms with Crippen LogP contribution in [0.25, 0.3) is 0 Å². The van der Waals surface area contributed by atoms with E-state index in [1.807, 2.05) is 31.1 Å². The number of sulfonamides is 1. The Hall–Kier alpha value is -1.96. The molecule has 0 aromatic heterocycles. The monoisotopic (exact) mass is 378 g/mol. The first-order valence-electron chi connectivity index (χ1n) is 8.48. The van der Waals surface area contributed by atoms with Crippen LogP contribution in [0.3, 0.4) is 0 Å². The zero-order chi connectivity index (χ0) is 18.7. The molecule has 0 fully saturated rings. The average molecular weight is 378 g/mol. The molecule has 7 heteroatoms. The van der Waals surface area contributed by atoms with E-state index in [4.69, 9.17) is 4.74 Å². The van der Waals surface area contributed by atoms with Crippen molar-refractivity contribution in [3.63, 3.8) is 0 Å². The van der Waals surface area contributed by atoms with Crippen LogP contribution in [0.2, 0.25) is 0 Å². The third kappa shape index (κ3) is 4.60. The van der Waals surface area contributed by atoms with Gasteiger partial charge in [-0.2, -0.15) is 0 Å². The van der Waals surface area contributed by atoms with Gasteiger partial charge in [-0.25, -0.2) is 17.5 Å². The van der Waals surface area contributed by atoms with Crippen LogP contribution in [0.15, 0.2) is 42.5 Å². The van der Waals surface area contributed by atoms with Gasteiger partial charge in [0.25, 0.3) is 0 Å². The van der Waals surface area contributed by atoms with Crippen molar-refractivity contribution in [1.82, 2.24) is 9.62 Å². The van der Waals surface area contributed by atoms with Crippen LogP contribution >= 0.6 is 0 Å². The zero-order valence-electron chi connectivity index (χ0n) is 14.9. The van der Waals surface area contributed by atoms with E-state index in [-0.39, 0.29) is 24.2 Å². The summed E-state index contributed by atoms with van der Waals surface area (Å²) in [5.41, 5.74) is 2.75. The summed E-state index contributed by atoms with van der Waals surface area (Å²) in [7, 11) is 0.319. The van der Waals surface area contributed by atoms with Gasteiger partial charge in [-0.05, 0) is 49.0 Å². The van der Waals surface area contributed by atoms with Gasteiger partial charge < -0.3 is 9.64 Å². The molecule has 1 N–H and O–H groups in total. The topological polar surface area (TPSA) is 58.6 Å². The lowest BCUT2D eigenvalue weighted by atomic mass is 10.0. The van der Waals surface area contributed by atoms with Crippen LogP contribution in [-0.4, -0.2) is 40.6 Å². The van der Waals surface area contributed by atoms with Crippen molar-refractivity contribution in [3.8, 4) is 5.75 Å². The number of ether oxygens (including phenoxy) is 1. The van der Waals surface area contributed by atoms with E-state index in [0.717, 1.165) is 23.3 Å². The molecule has 1 atom stereocenters. The predicted octanol–water partition coefficient (Wildman–Crippen LogP) is 2.48. The fourth-order valence-electron chi connectivity index (χ4n) is 3.07. The molecule has 1 aliphatic heterocycles. The Labute approximate surface area is 153 Å². The highest BCUT2D eigenvalue weighted by Gasteiger charge is 2.21. The number of rotatable bonds is 7. The number of hydrogen-bond acceptors (Lipinski definition) is 4. The van der Waals surface area contributed by atoms with Crippen molar-refractivity contribution in [3.05, 3.63) is 65.0 Å². The SMILES string of the molecule is CN(C)C(CNS(=O)(=O)Cc1ccc(F)cc1)c1ccc2c(c1)CCO2. The molecule has 140 valence electrons. The van der Waals surface area contributed by atoms with Crippen molar-refractivity contribution < 1.29 is 17.5 Å². The first-order chi connectivity index (χ1) is 12.3. The summed E-state index contributed by atoms with van der Waals surface area (Å²) in [6.45, 7) is 0.950. The number of nitrogens with zero attached hydrogens (tertiary/aromatic N) is 1. The Kier molecular flexibility index (Phi) is 5.60. The Morgan fingerprint density at radius 2 is 1.92 bits per heavy atom. The molecule has 0 saturated carbocycles. The van der Waals surface area contributed by atoms with Gasteiger partial charge >= 0.3 is 0 Å². The zero-order valence-corrected chi connectivity index (χ0v) is 15.7. The van der Waals surface area contributed by atoms with Gasteiger partial charge in [0.05, 0.1) is 12.4 Å². The molecule has 0 bridgehead atoms. The normalized spacial score (nSPS) is 14.9. The van der Waals surface area contributed by atoms with Crippen LogP contribution in [0.4, 0.5) is 4.39 Å². The number of fused-ring (bicyclic) bond motifs is 1. The van der Waals surface area contributed by atoms with Gasteiger partial charge in [0.2, 0.25) is 10.0 Å². The fraction of sp³-hybridized carbons (Fsp3) is 0.368. The number of hydrogen-bond donors (Lipinski definition) is 1. The predicted molar refractivity (Wildman–Crippen MR) is 99.1 cm³/mol. The van der Waals surface area contributed by atoms with Crippen molar-refractivity contribution in [2.45, 2.75) is 18.2 Å². The summed E-state index contributed by atoms with van der Waals surface area (Å²) in [4.78, 5) is 1.98. The van der Waals surface area contributed by atoms with Gasteiger partial charge in [0, 0.05) is 19.0 Å². The molecule has 1 aliphatic rings. The molecule has 2 aromatic carbocycles. The molecular formula is C19H23FN2O3S. The molecule has 3 rings (SSSR count). The minimum Gasteiger partial charge on any atom is -0.493 e. The Morgan fingerprint density at radius 1 is 1.19 bits per heavy atom. The van der Waals surface area contributed by atoms with E-state index >= 15 is 0 Å². The Bertz CT molecular complexity index is 867. The van der Waals surface area contributed by atoms with Gasteiger partial charge in [-0.3, -0.25) is 0 Å². The second-order valence-electron chi connectivity index (χ2n) is 6.68. The lowest BCUT2D eigenvalue weighted by Gasteiger charge is -2.25. The maximum Gasteiger partial charge on any atom is 0.215 e. The second-order valence-corrected chi connectivity index (χ2v) is 8.49. The number of nitrogens with one attached hydrogen (secondary N) is 1. The summed E-state index contributed by atoms with van der Waals surface area (Å²) < 4.78 is 45.9. The molecule has 2 aromatic rings. The van der Waals surface area contributed by atoms with Crippen LogP contribution < -0.4 is 9.46 Å². The summed E-state index contributed by atoms with van der Waals surface area (Å²) in [6.07, 6.45) is 0.875. The number of halogens is 1. The van der Waals surface area contributed by atoms with Gasteiger partial charge in [-0.15, -0.1) is 0 Å². The fourth-order valence-corrected chi connectivity index (χ4v) is 4.21. The maximum absolute atomic E-state index is 13.0. The molecule has 0 saturated heterocycles. The van der Waals surface area contributed by atoms with Crippen LogP contribution in [0.1, 0.15) is 22.7 Å². The van der Waals surface area contributed by atoms with Crippen molar-refractivity contribution in [2.75, 3.05) is 27.2 Å². The molecular weight excluding hydrogens is 355 g/mol. The summed E-state index contributed by atoms with van der Waals surface area (Å²) in [6, 6.07) is 11.4. The smallest absolute Gasteiger partial charge is 0.215 e. The van der Waals surface area contributed by atoms with Gasteiger partial charge in [0.1, 0.15) is 11.6 Å². The lowest BCUT2D eigenvalue weighted by molar-refractivity contribution is 0.299. The van der Waals surface area contributed by atoms with Crippen molar-refractivity contribution in [1.29, 1.82) is 0 Å². The maximum atomic E-state index is 13.0. The minimum absolute atomic E-state index is 0.0936.